The van der Waals surface area contributed by atoms with E-state index in [9.17, 15) is 0 Å². The van der Waals surface area contributed by atoms with Crippen LogP contribution >= 0.6 is 0 Å². The molecule has 0 aliphatic carbocycles. The van der Waals surface area contributed by atoms with E-state index in [1.54, 1.807) is 0 Å². The SMILES string of the molecule is OCCN(CC1=NCCCO1)CC1=NCCCO1. The quantitative estimate of drug-likeness (QED) is 0.721. The summed E-state index contributed by atoms with van der Waals surface area (Å²) in [5, 5.41) is 9.09. The molecule has 0 aromatic rings. The average molecular weight is 255 g/mol. The Hall–Kier alpha value is -1.14. The molecule has 0 saturated heterocycles. The van der Waals surface area contributed by atoms with Crippen molar-refractivity contribution in [3.05, 3.63) is 0 Å². The maximum absolute atomic E-state index is 9.09. The number of hydrogen-bond acceptors (Lipinski definition) is 6. The molecule has 0 aromatic carbocycles. The predicted molar refractivity (Wildman–Crippen MR) is 69.3 cm³/mol. The number of nitrogens with zero attached hydrogens (tertiary/aromatic N) is 3. The molecule has 2 aliphatic rings. The Balaban J connectivity index is 1.86. The van der Waals surface area contributed by atoms with Gasteiger partial charge in [-0.05, 0) is 0 Å². The minimum atomic E-state index is 0.112. The largest absolute Gasteiger partial charge is 0.480 e. The summed E-state index contributed by atoms with van der Waals surface area (Å²) in [4.78, 5) is 10.7. The Morgan fingerprint density at radius 2 is 1.56 bits per heavy atom. The van der Waals surface area contributed by atoms with E-state index >= 15 is 0 Å². The van der Waals surface area contributed by atoms with Gasteiger partial charge in [0.2, 0.25) is 0 Å². The Morgan fingerprint density at radius 1 is 1.00 bits per heavy atom. The van der Waals surface area contributed by atoms with Crippen molar-refractivity contribution in [1.82, 2.24) is 4.90 Å². The van der Waals surface area contributed by atoms with Crippen molar-refractivity contribution in [2.24, 2.45) is 9.98 Å². The average Bonchev–Trinajstić information content (AvgIpc) is 2.41. The van der Waals surface area contributed by atoms with Crippen LogP contribution in [0.2, 0.25) is 0 Å². The third-order valence-electron chi connectivity index (χ3n) is 2.85. The van der Waals surface area contributed by atoms with Gasteiger partial charge in [-0.3, -0.25) is 14.9 Å². The van der Waals surface area contributed by atoms with Crippen molar-refractivity contribution in [3.63, 3.8) is 0 Å². The summed E-state index contributed by atoms with van der Waals surface area (Å²) in [6.45, 7) is 5.06. The van der Waals surface area contributed by atoms with Crippen LogP contribution in [-0.2, 0) is 9.47 Å². The molecule has 2 aliphatic heterocycles. The zero-order valence-corrected chi connectivity index (χ0v) is 10.7. The summed E-state index contributed by atoms with van der Waals surface area (Å²) in [6, 6.07) is 0. The van der Waals surface area contributed by atoms with E-state index < -0.39 is 0 Å². The number of ether oxygens (including phenoxy) is 2. The van der Waals surface area contributed by atoms with Gasteiger partial charge in [0.1, 0.15) is 0 Å². The smallest absolute Gasteiger partial charge is 0.197 e. The van der Waals surface area contributed by atoms with Crippen LogP contribution in [0.1, 0.15) is 12.8 Å². The van der Waals surface area contributed by atoms with Crippen molar-refractivity contribution < 1.29 is 14.6 Å². The number of aliphatic hydroxyl groups excluding tert-OH is 1. The van der Waals surface area contributed by atoms with Gasteiger partial charge in [0.15, 0.2) is 11.8 Å². The Bertz CT molecular complexity index is 290. The number of aliphatic imine (C=N–C) groups is 2. The molecule has 0 atom stereocenters. The first kappa shape index (κ1) is 13.3. The van der Waals surface area contributed by atoms with Crippen LogP contribution in [0.25, 0.3) is 0 Å². The van der Waals surface area contributed by atoms with Crippen LogP contribution in [0.15, 0.2) is 9.98 Å². The standard InChI is InChI=1S/C12H21N3O3/c16-6-5-15(9-11-13-3-1-7-17-11)10-12-14-4-2-8-18-12/h16H,1-10H2. The van der Waals surface area contributed by atoms with Gasteiger partial charge in [-0.2, -0.15) is 0 Å². The zero-order valence-electron chi connectivity index (χ0n) is 10.7. The first-order valence-corrected chi connectivity index (χ1v) is 6.54. The Kier molecular flexibility index (Phi) is 5.41. The molecular formula is C12H21N3O3. The monoisotopic (exact) mass is 255 g/mol. The summed E-state index contributed by atoms with van der Waals surface area (Å²) in [6.07, 6.45) is 1.97. The van der Waals surface area contributed by atoms with Gasteiger partial charge in [0, 0.05) is 32.5 Å². The van der Waals surface area contributed by atoms with Crippen LogP contribution in [0.4, 0.5) is 0 Å². The van der Waals surface area contributed by atoms with E-state index in [0.29, 0.717) is 19.6 Å². The topological polar surface area (TPSA) is 66.7 Å². The van der Waals surface area contributed by atoms with Crippen LogP contribution < -0.4 is 0 Å². The van der Waals surface area contributed by atoms with Crippen molar-refractivity contribution in [2.45, 2.75) is 12.8 Å². The fourth-order valence-electron chi connectivity index (χ4n) is 1.94. The molecule has 102 valence electrons. The highest BCUT2D eigenvalue weighted by Gasteiger charge is 2.16. The minimum Gasteiger partial charge on any atom is -0.480 e. The lowest BCUT2D eigenvalue weighted by molar-refractivity contribution is 0.193. The second-order valence-electron chi connectivity index (χ2n) is 4.39. The van der Waals surface area contributed by atoms with Crippen LogP contribution in [-0.4, -0.2) is 74.3 Å². The van der Waals surface area contributed by atoms with Gasteiger partial charge in [0.25, 0.3) is 0 Å². The molecule has 6 heteroatoms. The third kappa shape index (κ3) is 4.27. The highest BCUT2D eigenvalue weighted by molar-refractivity contribution is 5.81. The summed E-state index contributed by atoms with van der Waals surface area (Å²) in [5.74, 6) is 1.51. The van der Waals surface area contributed by atoms with Gasteiger partial charge in [-0.25, -0.2) is 0 Å². The van der Waals surface area contributed by atoms with Crippen molar-refractivity contribution in [1.29, 1.82) is 0 Å². The fraction of sp³-hybridized carbons (Fsp3) is 0.833. The maximum atomic E-state index is 9.09. The molecule has 2 rings (SSSR count). The van der Waals surface area contributed by atoms with E-state index in [2.05, 4.69) is 9.98 Å². The zero-order chi connectivity index (χ0) is 12.6. The molecule has 0 bridgehead atoms. The summed E-state index contributed by atoms with van der Waals surface area (Å²) in [5.41, 5.74) is 0. The van der Waals surface area contributed by atoms with Crippen molar-refractivity contribution in [2.75, 3.05) is 52.5 Å². The summed E-state index contributed by atoms with van der Waals surface area (Å²) >= 11 is 0. The van der Waals surface area contributed by atoms with Gasteiger partial charge in [0.05, 0.1) is 32.9 Å². The lowest BCUT2D eigenvalue weighted by atomic mass is 10.3. The molecule has 0 fully saturated rings. The molecule has 1 N–H and O–H groups in total. The van der Waals surface area contributed by atoms with Gasteiger partial charge >= 0.3 is 0 Å². The summed E-state index contributed by atoms with van der Waals surface area (Å²) in [7, 11) is 0. The van der Waals surface area contributed by atoms with Crippen molar-refractivity contribution >= 4 is 11.8 Å². The second kappa shape index (κ2) is 7.33. The molecule has 18 heavy (non-hydrogen) atoms. The third-order valence-corrected chi connectivity index (χ3v) is 2.85. The summed E-state index contributed by atoms with van der Waals surface area (Å²) < 4.78 is 11.0. The van der Waals surface area contributed by atoms with Gasteiger partial charge in [-0.1, -0.05) is 0 Å². The maximum Gasteiger partial charge on any atom is 0.197 e. The molecule has 6 nitrogen and oxygen atoms in total. The highest BCUT2D eigenvalue weighted by Crippen LogP contribution is 2.03. The van der Waals surface area contributed by atoms with Crippen molar-refractivity contribution in [3.8, 4) is 0 Å². The molecule has 2 heterocycles. The molecule has 0 aromatic heterocycles. The first-order chi connectivity index (χ1) is 8.88. The normalized spacial score (nSPS) is 19.9. The Morgan fingerprint density at radius 3 is 1.94 bits per heavy atom. The van der Waals surface area contributed by atoms with Crippen LogP contribution in [0.5, 0.6) is 0 Å². The first-order valence-electron chi connectivity index (χ1n) is 6.54. The van der Waals surface area contributed by atoms with Gasteiger partial charge in [-0.15, -0.1) is 0 Å². The molecule has 0 amide bonds. The van der Waals surface area contributed by atoms with E-state index in [1.807, 2.05) is 4.90 Å². The Labute approximate surface area is 107 Å². The van der Waals surface area contributed by atoms with E-state index in [1.165, 1.54) is 0 Å². The number of aliphatic hydroxyl groups is 1. The molecular weight excluding hydrogens is 234 g/mol. The highest BCUT2D eigenvalue weighted by atomic mass is 16.5. The molecule has 0 radical (unpaired) electrons. The number of rotatable bonds is 6. The lowest BCUT2D eigenvalue weighted by Crippen LogP contribution is -2.39. The molecule has 0 saturated carbocycles. The van der Waals surface area contributed by atoms with E-state index in [4.69, 9.17) is 14.6 Å². The van der Waals surface area contributed by atoms with Crippen LogP contribution in [0, 0.1) is 0 Å². The van der Waals surface area contributed by atoms with E-state index in [0.717, 1.165) is 50.9 Å². The fourth-order valence-corrected chi connectivity index (χ4v) is 1.94. The molecule has 0 spiro atoms. The number of hydrogen-bond donors (Lipinski definition) is 1. The predicted octanol–water partition coefficient (Wildman–Crippen LogP) is -0.0817. The lowest BCUT2D eigenvalue weighted by Gasteiger charge is -2.25. The minimum absolute atomic E-state index is 0.112. The van der Waals surface area contributed by atoms with Gasteiger partial charge < -0.3 is 14.6 Å². The second-order valence-corrected chi connectivity index (χ2v) is 4.39. The van der Waals surface area contributed by atoms with Crippen LogP contribution in [0.3, 0.4) is 0 Å². The van der Waals surface area contributed by atoms with E-state index in [-0.39, 0.29) is 6.61 Å². The molecule has 0 unspecified atom stereocenters.